The standard InChI is InChI=1S/C18H20N6/c1-2-4-14(5-3-1)24-18-15(12-20-24)17(23-10-8-19-9-11-23)21-16(22-18)13-6-7-13/h1-5,12-13,19H,6-11H2. The van der Waals surface area contributed by atoms with E-state index in [1.165, 1.54) is 12.8 Å². The quantitative estimate of drug-likeness (QED) is 0.801. The summed E-state index contributed by atoms with van der Waals surface area (Å²) in [5, 5.41) is 9.07. The fraction of sp³-hybridized carbons (Fsp3) is 0.389. The first-order valence-corrected chi connectivity index (χ1v) is 8.67. The first-order valence-electron chi connectivity index (χ1n) is 8.67. The molecule has 0 radical (unpaired) electrons. The molecule has 1 N–H and O–H groups in total. The highest BCUT2D eigenvalue weighted by Crippen LogP contribution is 2.40. The summed E-state index contributed by atoms with van der Waals surface area (Å²) in [6.07, 6.45) is 4.31. The van der Waals surface area contributed by atoms with Gasteiger partial charge in [-0.2, -0.15) is 5.10 Å². The third-order valence-electron chi connectivity index (χ3n) is 4.79. The summed E-state index contributed by atoms with van der Waals surface area (Å²) in [6, 6.07) is 10.2. The summed E-state index contributed by atoms with van der Waals surface area (Å²) in [7, 11) is 0. The van der Waals surface area contributed by atoms with Gasteiger partial charge in [0.15, 0.2) is 5.65 Å². The highest BCUT2D eigenvalue weighted by Gasteiger charge is 2.29. The second-order valence-electron chi connectivity index (χ2n) is 6.55. The average molecular weight is 320 g/mol. The predicted octanol–water partition coefficient (Wildman–Crippen LogP) is 2.10. The first kappa shape index (κ1) is 13.9. The van der Waals surface area contributed by atoms with Crippen molar-refractivity contribution >= 4 is 16.9 Å². The zero-order valence-corrected chi connectivity index (χ0v) is 13.5. The van der Waals surface area contributed by atoms with E-state index >= 15 is 0 Å². The number of hydrogen-bond donors (Lipinski definition) is 1. The molecule has 0 unspecified atom stereocenters. The van der Waals surface area contributed by atoms with Crippen molar-refractivity contribution in [1.29, 1.82) is 0 Å². The fourth-order valence-corrected chi connectivity index (χ4v) is 3.31. The van der Waals surface area contributed by atoms with Gasteiger partial charge in [-0.1, -0.05) is 18.2 Å². The molecule has 24 heavy (non-hydrogen) atoms. The Hall–Kier alpha value is -2.47. The smallest absolute Gasteiger partial charge is 0.168 e. The molecule has 1 aromatic carbocycles. The average Bonchev–Trinajstić information content (AvgIpc) is 3.42. The number of para-hydroxylation sites is 1. The minimum Gasteiger partial charge on any atom is -0.353 e. The van der Waals surface area contributed by atoms with Crippen LogP contribution in [0.25, 0.3) is 16.7 Å². The zero-order valence-electron chi connectivity index (χ0n) is 13.5. The Morgan fingerprint density at radius 1 is 1.00 bits per heavy atom. The van der Waals surface area contributed by atoms with Gasteiger partial charge >= 0.3 is 0 Å². The highest BCUT2D eigenvalue weighted by atomic mass is 15.3. The number of nitrogens with one attached hydrogen (secondary N) is 1. The summed E-state index contributed by atoms with van der Waals surface area (Å²) in [4.78, 5) is 12.2. The third kappa shape index (κ3) is 2.34. The van der Waals surface area contributed by atoms with E-state index in [-0.39, 0.29) is 0 Å². The third-order valence-corrected chi connectivity index (χ3v) is 4.79. The van der Waals surface area contributed by atoms with E-state index in [2.05, 4.69) is 27.4 Å². The van der Waals surface area contributed by atoms with Crippen LogP contribution in [-0.2, 0) is 0 Å². The number of benzene rings is 1. The van der Waals surface area contributed by atoms with Gasteiger partial charge in [0.05, 0.1) is 17.3 Å². The predicted molar refractivity (Wildman–Crippen MR) is 93.7 cm³/mol. The minimum absolute atomic E-state index is 0.523. The van der Waals surface area contributed by atoms with E-state index in [0.717, 1.165) is 54.5 Å². The summed E-state index contributed by atoms with van der Waals surface area (Å²) in [6.45, 7) is 3.95. The summed E-state index contributed by atoms with van der Waals surface area (Å²) < 4.78 is 1.94. The number of rotatable bonds is 3. The fourth-order valence-electron chi connectivity index (χ4n) is 3.31. The Balaban J connectivity index is 1.69. The van der Waals surface area contributed by atoms with Gasteiger partial charge in [-0.05, 0) is 25.0 Å². The number of hydrogen-bond acceptors (Lipinski definition) is 5. The number of aromatic nitrogens is 4. The van der Waals surface area contributed by atoms with Crippen LogP contribution >= 0.6 is 0 Å². The van der Waals surface area contributed by atoms with Crippen molar-refractivity contribution in [3.05, 3.63) is 42.4 Å². The Kier molecular flexibility index (Phi) is 3.23. The molecular weight excluding hydrogens is 300 g/mol. The van der Waals surface area contributed by atoms with Gasteiger partial charge in [-0.15, -0.1) is 0 Å². The van der Waals surface area contributed by atoms with Crippen molar-refractivity contribution in [3.8, 4) is 5.69 Å². The topological polar surface area (TPSA) is 58.9 Å². The van der Waals surface area contributed by atoms with Crippen molar-refractivity contribution < 1.29 is 0 Å². The van der Waals surface area contributed by atoms with Crippen LogP contribution < -0.4 is 10.2 Å². The molecule has 2 aliphatic rings. The van der Waals surface area contributed by atoms with Crippen molar-refractivity contribution in [2.45, 2.75) is 18.8 Å². The van der Waals surface area contributed by atoms with Gasteiger partial charge in [0.2, 0.25) is 0 Å². The maximum atomic E-state index is 4.93. The van der Waals surface area contributed by atoms with Crippen LogP contribution in [0, 0.1) is 0 Å². The largest absolute Gasteiger partial charge is 0.353 e. The molecule has 1 saturated heterocycles. The van der Waals surface area contributed by atoms with Gasteiger partial charge in [0.1, 0.15) is 11.6 Å². The van der Waals surface area contributed by atoms with Crippen LogP contribution in [-0.4, -0.2) is 45.9 Å². The maximum absolute atomic E-state index is 4.93. The number of fused-ring (bicyclic) bond motifs is 1. The molecule has 3 aromatic rings. The van der Waals surface area contributed by atoms with Crippen molar-refractivity contribution in [2.24, 2.45) is 0 Å². The van der Waals surface area contributed by atoms with E-state index in [9.17, 15) is 0 Å². The summed E-state index contributed by atoms with van der Waals surface area (Å²) in [5.41, 5.74) is 1.96. The van der Waals surface area contributed by atoms with E-state index in [4.69, 9.17) is 9.97 Å². The van der Waals surface area contributed by atoms with Crippen molar-refractivity contribution in [2.75, 3.05) is 31.1 Å². The number of piperazine rings is 1. The minimum atomic E-state index is 0.523. The van der Waals surface area contributed by atoms with Gasteiger partial charge < -0.3 is 10.2 Å². The normalized spacial score (nSPS) is 18.2. The number of anilines is 1. The van der Waals surface area contributed by atoms with Crippen LogP contribution in [0.3, 0.4) is 0 Å². The van der Waals surface area contributed by atoms with Gasteiger partial charge in [0.25, 0.3) is 0 Å². The SMILES string of the molecule is c1ccc(-n2ncc3c(N4CCNCC4)nc(C4CC4)nc32)cc1. The molecule has 122 valence electrons. The Bertz CT molecular complexity index is 862. The molecule has 0 amide bonds. The highest BCUT2D eigenvalue weighted by molar-refractivity contribution is 5.88. The molecule has 2 fully saturated rings. The molecule has 1 aliphatic carbocycles. The van der Waals surface area contributed by atoms with Crippen LogP contribution in [0.5, 0.6) is 0 Å². The molecule has 0 atom stereocenters. The van der Waals surface area contributed by atoms with Crippen LogP contribution in [0.4, 0.5) is 5.82 Å². The second kappa shape index (κ2) is 5.56. The van der Waals surface area contributed by atoms with E-state index in [0.29, 0.717) is 5.92 Å². The second-order valence-corrected chi connectivity index (χ2v) is 6.55. The lowest BCUT2D eigenvalue weighted by atomic mass is 10.2. The molecule has 0 bridgehead atoms. The van der Waals surface area contributed by atoms with E-state index in [1.807, 2.05) is 29.1 Å². The molecule has 1 aliphatic heterocycles. The Labute approximate surface area is 140 Å². The zero-order chi connectivity index (χ0) is 15.9. The Morgan fingerprint density at radius 3 is 2.54 bits per heavy atom. The molecule has 5 rings (SSSR count). The first-order chi connectivity index (χ1) is 11.9. The van der Waals surface area contributed by atoms with E-state index < -0.39 is 0 Å². The van der Waals surface area contributed by atoms with Crippen molar-refractivity contribution in [3.63, 3.8) is 0 Å². The maximum Gasteiger partial charge on any atom is 0.168 e. The summed E-state index contributed by atoms with van der Waals surface area (Å²) >= 11 is 0. The molecule has 0 spiro atoms. The molecular formula is C18H20N6. The Morgan fingerprint density at radius 2 is 1.79 bits per heavy atom. The van der Waals surface area contributed by atoms with Crippen molar-refractivity contribution in [1.82, 2.24) is 25.1 Å². The molecule has 2 aromatic heterocycles. The lowest BCUT2D eigenvalue weighted by Gasteiger charge is -2.29. The van der Waals surface area contributed by atoms with Crippen LogP contribution in [0.2, 0.25) is 0 Å². The van der Waals surface area contributed by atoms with Gasteiger partial charge in [0, 0.05) is 32.1 Å². The van der Waals surface area contributed by atoms with Crippen LogP contribution in [0.1, 0.15) is 24.6 Å². The lowest BCUT2D eigenvalue weighted by Crippen LogP contribution is -2.44. The monoisotopic (exact) mass is 320 g/mol. The lowest BCUT2D eigenvalue weighted by molar-refractivity contribution is 0.585. The number of nitrogens with zero attached hydrogens (tertiary/aromatic N) is 5. The molecule has 6 heteroatoms. The van der Waals surface area contributed by atoms with Gasteiger partial charge in [-0.3, -0.25) is 0 Å². The summed E-state index contributed by atoms with van der Waals surface area (Å²) in [5.74, 6) is 2.55. The van der Waals surface area contributed by atoms with Gasteiger partial charge in [-0.25, -0.2) is 14.6 Å². The van der Waals surface area contributed by atoms with Crippen LogP contribution in [0.15, 0.2) is 36.5 Å². The molecule has 3 heterocycles. The molecule has 6 nitrogen and oxygen atoms in total. The molecule has 1 saturated carbocycles. The van der Waals surface area contributed by atoms with E-state index in [1.54, 1.807) is 0 Å².